The Hall–Kier alpha value is -2.42. The molecule has 0 spiro atoms. The van der Waals surface area contributed by atoms with E-state index in [0.717, 1.165) is 17.6 Å². The molecule has 0 aromatic heterocycles. The minimum atomic E-state index is -1.01. The summed E-state index contributed by atoms with van der Waals surface area (Å²) in [5.74, 6) is -1.03. The van der Waals surface area contributed by atoms with Gasteiger partial charge in [0, 0.05) is 17.3 Å². The maximum absolute atomic E-state index is 13.2. The summed E-state index contributed by atoms with van der Waals surface area (Å²) in [6, 6.07) is 10.1. The Bertz CT molecular complexity index is 954. The lowest BCUT2D eigenvalue weighted by Crippen LogP contribution is -2.55. The SMILES string of the molecule is CCC(/C=C/c1ccccc1)=C\[C@@]1(C)C=C(C)[C@@H]2[C@H]([C@H](CC)C(=O)[C@H]2C)[C@@]1(CC)C(=O)O. The number of fused-ring (bicyclic) bond motifs is 1. The van der Waals surface area contributed by atoms with E-state index in [9.17, 15) is 14.7 Å². The molecule has 1 aromatic rings. The van der Waals surface area contributed by atoms with Gasteiger partial charge in [0.05, 0.1) is 5.41 Å². The van der Waals surface area contributed by atoms with Crippen molar-refractivity contribution < 1.29 is 14.7 Å². The van der Waals surface area contributed by atoms with Gasteiger partial charge in [0.2, 0.25) is 0 Å². The van der Waals surface area contributed by atoms with Crippen molar-refractivity contribution in [2.45, 2.75) is 60.8 Å². The first-order valence-corrected chi connectivity index (χ1v) is 12.1. The molecule has 6 atom stereocenters. The number of benzene rings is 1. The predicted octanol–water partition coefficient (Wildman–Crippen LogP) is 6.96. The molecule has 0 amide bonds. The molecule has 3 rings (SSSR count). The van der Waals surface area contributed by atoms with Gasteiger partial charge in [-0.15, -0.1) is 0 Å². The summed E-state index contributed by atoms with van der Waals surface area (Å²) in [5.41, 5.74) is 1.71. The first-order chi connectivity index (χ1) is 15.2. The number of carboxylic acid groups (broad SMARTS) is 1. The molecule has 0 saturated heterocycles. The minimum absolute atomic E-state index is 0.00918. The summed E-state index contributed by atoms with van der Waals surface area (Å²) in [7, 11) is 0. The Balaban J connectivity index is 2.19. The van der Waals surface area contributed by atoms with Gasteiger partial charge >= 0.3 is 5.97 Å². The fraction of sp³-hybridized carbons (Fsp3) is 0.517. The highest BCUT2D eigenvalue weighted by Crippen LogP contribution is 2.64. The van der Waals surface area contributed by atoms with E-state index < -0.39 is 16.8 Å². The van der Waals surface area contributed by atoms with Crippen LogP contribution in [0, 0.1) is 34.5 Å². The maximum Gasteiger partial charge on any atom is 0.311 e. The summed E-state index contributed by atoms with van der Waals surface area (Å²) in [6.45, 7) is 12.3. The maximum atomic E-state index is 13.2. The van der Waals surface area contributed by atoms with Crippen LogP contribution in [0.5, 0.6) is 0 Å². The van der Waals surface area contributed by atoms with Crippen LogP contribution in [-0.4, -0.2) is 16.9 Å². The van der Waals surface area contributed by atoms with Gasteiger partial charge in [-0.25, -0.2) is 0 Å². The zero-order chi connectivity index (χ0) is 23.7. The van der Waals surface area contributed by atoms with Gasteiger partial charge in [0.1, 0.15) is 5.78 Å². The number of carbonyl (C=O) groups is 2. The van der Waals surface area contributed by atoms with Crippen molar-refractivity contribution in [1.29, 1.82) is 0 Å². The lowest BCUT2D eigenvalue weighted by Gasteiger charge is -2.53. The van der Waals surface area contributed by atoms with Crippen LogP contribution in [0.4, 0.5) is 0 Å². The van der Waals surface area contributed by atoms with Gasteiger partial charge in [-0.2, -0.15) is 0 Å². The highest BCUT2D eigenvalue weighted by Gasteiger charge is 2.66. The Morgan fingerprint density at radius 2 is 1.81 bits per heavy atom. The van der Waals surface area contributed by atoms with E-state index in [0.29, 0.717) is 12.8 Å². The molecule has 0 unspecified atom stereocenters. The Kier molecular flexibility index (Phi) is 6.97. The van der Waals surface area contributed by atoms with Gasteiger partial charge in [0.15, 0.2) is 0 Å². The number of rotatable bonds is 7. The van der Waals surface area contributed by atoms with Gasteiger partial charge in [-0.05, 0) is 43.6 Å². The van der Waals surface area contributed by atoms with Gasteiger partial charge in [0.25, 0.3) is 0 Å². The van der Waals surface area contributed by atoms with Crippen LogP contribution in [-0.2, 0) is 9.59 Å². The molecule has 2 aliphatic rings. The molecule has 3 nitrogen and oxygen atoms in total. The summed E-state index contributed by atoms with van der Waals surface area (Å²) >= 11 is 0. The predicted molar refractivity (Wildman–Crippen MR) is 131 cm³/mol. The summed E-state index contributed by atoms with van der Waals surface area (Å²) in [4.78, 5) is 26.3. The van der Waals surface area contributed by atoms with Gasteiger partial charge in [-0.3, -0.25) is 9.59 Å². The first kappa shape index (κ1) is 24.2. The van der Waals surface area contributed by atoms with Crippen molar-refractivity contribution in [2.24, 2.45) is 34.5 Å². The fourth-order valence-electron chi connectivity index (χ4n) is 6.82. The molecule has 0 radical (unpaired) electrons. The third kappa shape index (κ3) is 3.70. The molecule has 0 aliphatic heterocycles. The van der Waals surface area contributed by atoms with Crippen LogP contribution >= 0.6 is 0 Å². The summed E-state index contributed by atoms with van der Waals surface area (Å²) < 4.78 is 0. The number of allylic oxidation sites excluding steroid dienone is 5. The molecule has 0 heterocycles. The van der Waals surface area contributed by atoms with E-state index in [1.807, 2.05) is 39.0 Å². The minimum Gasteiger partial charge on any atom is -0.481 e. The van der Waals surface area contributed by atoms with E-state index in [1.54, 1.807) is 0 Å². The Labute approximate surface area is 193 Å². The van der Waals surface area contributed by atoms with Crippen LogP contribution < -0.4 is 0 Å². The largest absolute Gasteiger partial charge is 0.481 e. The molecule has 172 valence electrons. The molecule has 1 fully saturated rings. The zero-order valence-electron chi connectivity index (χ0n) is 20.4. The van der Waals surface area contributed by atoms with Crippen molar-refractivity contribution >= 4 is 17.8 Å². The van der Waals surface area contributed by atoms with Crippen molar-refractivity contribution in [3.8, 4) is 0 Å². The van der Waals surface area contributed by atoms with E-state index in [1.165, 1.54) is 5.57 Å². The number of aliphatic carboxylic acids is 1. The molecular formula is C29H38O3. The second-order valence-electron chi connectivity index (χ2n) is 9.88. The van der Waals surface area contributed by atoms with E-state index >= 15 is 0 Å². The number of carboxylic acids is 1. The van der Waals surface area contributed by atoms with E-state index in [4.69, 9.17) is 0 Å². The molecule has 0 bridgehead atoms. The highest BCUT2D eigenvalue weighted by molar-refractivity contribution is 5.89. The second kappa shape index (κ2) is 9.21. The molecule has 1 N–H and O–H groups in total. The van der Waals surface area contributed by atoms with Crippen LogP contribution in [0.1, 0.15) is 66.4 Å². The lowest BCUT2D eigenvalue weighted by atomic mass is 9.48. The third-order valence-electron chi connectivity index (χ3n) is 8.32. The number of hydrogen-bond acceptors (Lipinski definition) is 2. The number of ketones is 1. The smallest absolute Gasteiger partial charge is 0.311 e. The third-order valence-corrected chi connectivity index (χ3v) is 8.32. The van der Waals surface area contributed by atoms with Crippen LogP contribution in [0.2, 0.25) is 0 Å². The van der Waals surface area contributed by atoms with Crippen LogP contribution in [0.3, 0.4) is 0 Å². The molecule has 2 aliphatic carbocycles. The topological polar surface area (TPSA) is 54.4 Å². The first-order valence-electron chi connectivity index (χ1n) is 12.1. The van der Waals surface area contributed by atoms with Crippen LogP contribution in [0.25, 0.3) is 6.08 Å². The lowest BCUT2D eigenvalue weighted by molar-refractivity contribution is -0.164. The molecule has 3 heteroatoms. The number of carbonyl (C=O) groups excluding carboxylic acids is 1. The molecule has 1 saturated carbocycles. The highest BCUT2D eigenvalue weighted by atomic mass is 16.4. The molecular weight excluding hydrogens is 396 g/mol. The van der Waals surface area contributed by atoms with Crippen molar-refractivity contribution in [1.82, 2.24) is 0 Å². The summed E-state index contributed by atoms with van der Waals surface area (Å²) in [6.07, 6.45) is 10.5. The summed E-state index contributed by atoms with van der Waals surface area (Å²) in [5, 5.41) is 10.7. The fourth-order valence-corrected chi connectivity index (χ4v) is 6.82. The van der Waals surface area contributed by atoms with E-state index in [-0.39, 0.29) is 29.5 Å². The zero-order valence-corrected chi connectivity index (χ0v) is 20.4. The number of Topliss-reactive ketones (excluding diaryl/α,β-unsaturated/α-hetero) is 1. The second-order valence-corrected chi connectivity index (χ2v) is 9.88. The van der Waals surface area contributed by atoms with E-state index in [2.05, 4.69) is 57.2 Å². The Morgan fingerprint density at radius 3 is 2.34 bits per heavy atom. The van der Waals surface area contributed by atoms with Gasteiger partial charge < -0.3 is 5.11 Å². The van der Waals surface area contributed by atoms with Crippen molar-refractivity contribution in [2.75, 3.05) is 0 Å². The van der Waals surface area contributed by atoms with Crippen molar-refractivity contribution in [3.63, 3.8) is 0 Å². The normalized spacial score (nSPS) is 35.1. The quantitative estimate of drug-likeness (QED) is 0.373. The standard InChI is InChI=1S/C29H38O3/c1-7-21(15-16-22-13-11-10-12-14-22)18-28(6)17-19(4)24-20(5)26(30)23(8-2)25(24)29(28,9-3)27(31)32/h10-18,20,23-25H,7-9H2,1-6H3,(H,31,32)/b16-15+,21-18+/t20-,23-,24-,25-,28+,29-/m0/s1. The molecule has 1 aromatic carbocycles. The Morgan fingerprint density at radius 1 is 1.16 bits per heavy atom. The average molecular weight is 435 g/mol. The van der Waals surface area contributed by atoms with Crippen molar-refractivity contribution in [3.05, 3.63) is 65.3 Å². The van der Waals surface area contributed by atoms with Gasteiger partial charge in [-0.1, -0.05) is 100 Å². The van der Waals surface area contributed by atoms with Crippen LogP contribution in [0.15, 0.2) is 59.7 Å². The average Bonchev–Trinajstić information content (AvgIpc) is 3.02. The monoisotopic (exact) mass is 434 g/mol. The molecule has 32 heavy (non-hydrogen) atoms. The number of hydrogen-bond donors (Lipinski definition) is 1.